The average molecular weight is 644 g/mol. The van der Waals surface area contributed by atoms with Gasteiger partial charge in [-0.15, -0.1) is 0 Å². The fourth-order valence-electron chi connectivity index (χ4n) is 6.19. The predicted molar refractivity (Wildman–Crippen MR) is 184 cm³/mol. The lowest BCUT2D eigenvalue weighted by Crippen LogP contribution is -2.48. The molecule has 0 aromatic heterocycles. The van der Waals surface area contributed by atoms with Crippen LogP contribution >= 0.6 is 0 Å². The molecule has 0 unspecified atom stereocenters. The van der Waals surface area contributed by atoms with Crippen LogP contribution in [-0.2, 0) is 27.4 Å². The molecule has 4 aromatic carbocycles. The Balaban J connectivity index is 1.20. The summed E-state index contributed by atoms with van der Waals surface area (Å²) in [7, 11) is 3.38. The Kier molecular flexibility index (Phi) is 13.3. The minimum Gasteiger partial charge on any atom is -0.496 e. The van der Waals surface area contributed by atoms with Crippen LogP contribution < -0.4 is 19.5 Å². The summed E-state index contributed by atoms with van der Waals surface area (Å²) in [5.74, 6) is 2.80. The first-order chi connectivity index (χ1) is 23.1. The maximum absolute atomic E-state index is 10.1. The minimum absolute atomic E-state index is 0.0712. The van der Waals surface area contributed by atoms with Gasteiger partial charge in [-0.2, -0.15) is 0 Å². The van der Waals surface area contributed by atoms with E-state index in [1.807, 2.05) is 55.5 Å². The Hall–Kier alpha value is -3.66. The topological polar surface area (TPSA) is 87.6 Å². The Morgan fingerprint density at radius 3 is 2.43 bits per heavy atom. The van der Waals surface area contributed by atoms with Crippen molar-refractivity contribution in [3.63, 3.8) is 0 Å². The summed E-state index contributed by atoms with van der Waals surface area (Å²) in [6, 6.07) is 28.7. The van der Waals surface area contributed by atoms with Crippen molar-refractivity contribution < 1.29 is 33.5 Å². The number of rotatable bonds is 18. The first-order valence-electron chi connectivity index (χ1n) is 16.7. The van der Waals surface area contributed by atoms with Crippen LogP contribution in [0.4, 0.5) is 0 Å². The lowest BCUT2D eigenvalue weighted by atomic mass is 9.79. The van der Waals surface area contributed by atoms with Crippen molar-refractivity contribution in [2.75, 3.05) is 53.7 Å². The maximum Gasteiger partial charge on any atom is 0.127 e. The number of benzene rings is 4. The SMILES string of the molecule is CC[C@@H](O)COC[C@@H]1CNC[C@H](OCc2cc(OC)c3ccccc3c2)[C@H]1c1ccc(OCCCOCc2ccccc2OC)cc1. The molecule has 2 N–H and O–H groups in total. The fraction of sp³-hybridized carbons (Fsp3) is 0.436. The number of piperidine rings is 1. The number of hydrogen-bond donors (Lipinski definition) is 2. The van der Waals surface area contributed by atoms with Gasteiger partial charge in [0.2, 0.25) is 0 Å². The maximum atomic E-state index is 10.1. The number of aliphatic hydroxyl groups is 1. The number of fused-ring (bicyclic) bond motifs is 1. The molecule has 0 saturated carbocycles. The Bertz CT molecular complexity index is 1510. The molecule has 1 fully saturated rings. The monoisotopic (exact) mass is 643 g/mol. The number of aliphatic hydroxyl groups excluding tert-OH is 1. The van der Waals surface area contributed by atoms with E-state index in [1.54, 1.807) is 14.2 Å². The number of methoxy groups -OCH3 is 2. The van der Waals surface area contributed by atoms with Gasteiger partial charge >= 0.3 is 0 Å². The highest BCUT2D eigenvalue weighted by molar-refractivity contribution is 5.89. The van der Waals surface area contributed by atoms with Gasteiger partial charge in [-0.1, -0.05) is 61.5 Å². The average Bonchev–Trinajstić information content (AvgIpc) is 3.12. The summed E-state index contributed by atoms with van der Waals surface area (Å²) >= 11 is 0. The van der Waals surface area contributed by atoms with Gasteiger partial charge in [0.1, 0.15) is 17.2 Å². The zero-order valence-electron chi connectivity index (χ0n) is 27.9. The molecule has 0 aliphatic carbocycles. The minimum atomic E-state index is -0.456. The van der Waals surface area contributed by atoms with E-state index in [1.165, 1.54) is 5.56 Å². The van der Waals surface area contributed by atoms with E-state index in [4.69, 9.17) is 28.4 Å². The van der Waals surface area contributed by atoms with Crippen molar-refractivity contribution in [2.24, 2.45) is 5.92 Å². The third-order valence-corrected chi connectivity index (χ3v) is 8.76. The second-order valence-electron chi connectivity index (χ2n) is 12.0. The number of para-hydroxylation sites is 1. The van der Waals surface area contributed by atoms with Gasteiger partial charge in [-0.25, -0.2) is 0 Å². The second kappa shape index (κ2) is 18.0. The van der Waals surface area contributed by atoms with Gasteiger partial charge in [-0.05, 0) is 53.3 Å². The Labute approximate surface area is 278 Å². The molecule has 0 spiro atoms. The number of nitrogens with one attached hydrogen (secondary N) is 1. The van der Waals surface area contributed by atoms with Crippen LogP contribution in [0, 0.1) is 5.92 Å². The van der Waals surface area contributed by atoms with Gasteiger partial charge < -0.3 is 38.8 Å². The molecule has 1 saturated heterocycles. The quantitative estimate of drug-likeness (QED) is 0.119. The summed E-state index contributed by atoms with van der Waals surface area (Å²) in [5.41, 5.74) is 3.29. The molecule has 4 aromatic rings. The standard InChI is InChI=1S/C39H49NO7/c1-4-33(41)27-45-26-32-22-40-23-38(47-24-28-20-30-10-5-7-12-35(30)37(21-28)43-3)39(32)29-14-16-34(17-15-29)46-19-9-18-44-25-31-11-6-8-13-36(31)42-2/h5-8,10-17,20-21,32-33,38-41H,4,9,18-19,22-27H2,1-3H3/t32-,33+,38-,39-/m0/s1. The molecule has 47 heavy (non-hydrogen) atoms. The zero-order valence-corrected chi connectivity index (χ0v) is 27.9. The van der Waals surface area contributed by atoms with Gasteiger partial charge in [-0.3, -0.25) is 0 Å². The molecule has 0 amide bonds. The number of ether oxygens (including phenoxy) is 6. The number of hydrogen-bond acceptors (Lipinski definition) is 8. The van der Waals surface area contributed by atoms with E-state index in [0.29, 0.717) is 46.1 Å². The predicted octanol–water partition coefficient (Wildman–Crippen LogP) is 6.52. The van der Waals surface area contributed by atoms with Crippen LogP contribution in [0.2, 0.25) is 0 Å². The summed E-state index contributed by atoms with van der Waals surface area (Å²) in [4.78, 5) is 0. The van der Waals surface area contributed by atoms with Crippen LogP contribution in [0.3, 0.4) is 0 Å². The Morgan fingerprint density at radius 2 is 1.62 bits per heavy atom. The normalized spacial score (nSPS) is 18.6. The van der Waals surface area contributed by atoms with Crippen molar-refractivity contribution in [2.45, 2.75) is 51.1 Å². The molecule has 252 valence electrons. The lowest BCUT2D eigenvalue weighted by Gasteiger charge is -2.39. The van der Waals surface area contributed by atoms with Gasteiger partial charge in [0.05, 0.1) is 66.1 Å². The molecule has 5 rings (SSSR count). The highest BCUT2D eigenvalue weighted by Gasteiger charge is 2.35. The molecule has 8 nitrogen and oxygen atoms in total. The summed E-state index contributed by atoms with van der Waals surface area (Å²) in [5, 5.41) is 15.8. The molecule has 8 heteroatoms. The Morgan fingerprint density at radius 1 is 0.830 bits per heavy atom. The van der Waals surface area contributed by atoms with Crippen molar-refractivity contribution in [3.8, 4) is 17.2 Å². The van der Waals surface area contributed by atoms with Crippen molar-refractivity contribution in [1.82, 2.24) is 5.32 Å². The largest absolute Gasteiger partial charge is 0.496 e. The molecule has 0 bridgehead atoms. The fourth-order valence-corrected chi connectivity index (χ4v) is 6.19. The molecular formula is C39H49NO7. The van der Waals surface area contributed by atoms with E-state index < -0.39 is 6.10 Å². The smallest absolute Gasteiger partial charge is 0.127 e. The zero-order chi connectivity index (χ0) is 32.8. The van der Waals surface area contributed by atoms with Crippen molar-refractivity contribution >= 4 is 10.8 Å². The molecule has 1 heterocycles. The van der Waals surface area contributed by atoms with Gasteiger partial charge in [0.25, 0.3) is 0 Å². The molecule has 1 aliphatic heterocycles. The first kappa shape index (κ1) is 34.7. The third-order valence-electron chi connectivity index (χ3n) is 8.76. The molecule has 4 atom stereocenters. The van der Waals surface area contributed by atoms with Gasteiger partial charge in [0, 0.05) is 42.3 Å². The molecular weight excluding hydrogens is 594 g/mol. The van der Waals surface area contributed by atoms with E-state index >= 15 is 0 Å². The van der Waals surface area contributed by atoms with Crippen molar-refractivity contribution in [1.29, 1.82) is 0 Å². The van der Waals surface area contributed by atoms with Crippen molar-refractivity contribution in [3.05, 3.63) is 102 Å². The molecule has 1 aliphatic rings. The second-order valence-corrected chi connectivity index (χ2v) is 12.0. The van der Waals surface area contributed by atoms with E-state index in [0.717, 1.165) is 58.7 Å². The summed E-state index contributed by atoms with van der Waals surface area (Å²) in [6.45, 7) is 6.51. The summed E-state index contributed by atoms with van der Waals surface area (Å²) in [6.07, 6.45) is 0.924. The van der Waals surface area contributed by atoms with E-state index in [2.05, 4.69) is 41.7 Å². The highest BCUT2D eigenvalue weighted by Crippen LogP contribution is 2.35. The molecule has 0 radical (unpaired) electrons. The third kappa shape index (κ3) is 9.69. The summed E-state index contributed by atoms with van der Waals surface area (Å²) < 4.78 is 35.7. The first-order valence-corrected chi connectivity index (χ1v) is 16.7. The van der Waals surface area contributed by atoms with Crippen LogP contribution in [-0.4, -0.2) is 71.1 Å². The van der Waals surface area contributed by atoms with Gasteiger partial charge in [0.15, 0.2) is 0 Å². The van der Waals surface area contributed by atoms with Crippen LogP contribution in [0.25, 0.3) is 10.8 Å². The highest BCUT2D eigenvalue weighted by atomic mass is 16.5. The van der Waals surface area contributed by atoms with Crippen LogP contribution in [0.15, 0.2) is 84.9 Å². The van der Waals surface area contributed by atoms with Crippen LogP contribution in [0.5, 0.6) is 17.2 Å². The lowest BCUT2D eigenvalue weighted by molar-refractivity contribution is -0.0355. The van der Waals surface area contributed by atoms with E-state index in [-0.39, 0.29) is 17.9 Å². The van der Waals surface area contributed by atoms with Crippen LogP contribution in [0.1, 0.15) is 42.4 Å². The van der Waals surface area contributed by atoms with E-state index in [9.17, 15) is 5.11 Å².